The molecule has 0 saturated heterocycles. The zero-order chi connectivity index (χ0) is 12.6. The lowest BCUT2D eigenvalue weighted by atomic mass is 9.94. The van der Waals surface area contributed by atoms with Gasteiger partial charge in [0, 0.05) is 13.1 Å². The Bertz CT molecular complexity index is 203. The van der Waals surface area contributed by atoms with Gasteiger partial charge in [-0.3, -0.25) is 0 Å². The maximum atomic E-state index is 11.3. The first kappa shape index (κ1) is 15.2. The van der Waals surface area contributed by atoms with Gasteiger partial charge in [0.2, 0.25) is 0 Å². The Labute approximate surface area is 98.8 Å². The summed E-state index contributed by atoms with van der Waals surface area (Å²) in [4.78, 5) is 11.3. The van der Waals surface area contributed by atoms with Crippen molar-refractivity contribution in [2.24, 2.45) is 5.92 Å². The van der Waals surface area contributed by atoms with E-state index in [1.807, 2.05) is 0 Å². The van der Waals surface area contributed by atoms with Crippen molar-refractivity contribution in [3.8, 4) is 0 Å². The highest BCUT2D eigenvalue weighted by atomic mass is 16.3. The van der Waals surface area contributed by atoms with E-state index in [1.54, 1.807) is 6.92 Å². The van der Waals surface area contributed by atoms with Gasteiger partial charge in [-0.15, -0.1) is 0 Å². The van der Waals surface area contributed by atoms with Gasteiger partial charge in [0.15, 0.2) is 0 Å². The van der Waals surface area contributed by atoms with Crippen molar-refractivity contribution < 1.29 is 9.90 Å². The molecule has 0 radical (unpaired) electrons. The Hall–Kier alpha value is -0.770. The van der Waals surface area contributed by atoms with Crippen molar-refractivity contribution in [3.05, 3.63) is 0 Å². The van der Waals surface area contributed by atoms with E-state index < -0.39 is 5.60 Å². The third-order valence-corrected chi connectivity index (χ3v) is 2.29. The first-order chi connectivity index (χ1) is 7.37. The van der Waals surface area contributed by atoms with Crippen LogP contribution in [0.1, 0.15) is 47.0 Å². The van der Waals surface area contributed by atoms with E-state index in [4.69, 9.17) is 0 Å². The molecule has 0 spiro atoms. The summed E-state index contributed by atoms with van der Waals surface area (Å²) in [6.45, 7) is 8.91. The van der Waals surface area contributed by atoms with Gasteiger partial charge in [-0.05, 0) is 25.7 Å². The second kappa shape index (κ2) is 7.49. The van der Waals surface area contributed by atoms with E-state index in [2.05, 4.69) is 31.4 Å². The van der Waals surface area contributed by atoms with E-state index in [0.717, 1.165) is 12.8 Å². The Balaban J connectivity index is 3.72. The molecule has 0 saturated carbocycles. The maximum Gasteiger partial charge on any atom is 0.314 e. The summed E-state index contributed by atoms with van der Waals surface area (Å²) < 4.78 is 0. The monoisotopic (exact) mass is 230 g/mol. The number of aliphatic hydroxyl groups is 1. The van der Waals surface area contributed by atoms with E-state index in [0.29, 0.717) is 25.4 Å². The van der Waals surface area contributed by atoms with Gasteiger partial charge in [0.25, 0.3) is 0 Å². The number of hydrogen-bond donors (Lipinski definition) is 3. The number of nitrogens with one attached hydrogen (secondary N) is 2. The van der Waals surface area contributed by atoms with Crippen LogP contribution < -0.4 is 10.6 Å². The van der Waals surface area contributed by atoms with Crippen LogP contribution in [0.5, 0.6) is 0 Å². The molecule has 2 amide bonds. The Kier molecular flexibility index (Phi) is 7.13. The first-order valence-corrected chi connectivity index (χ1v) is 6.11. The third-order valence-electron chi connectivity index (χ3n) is 2.29. The highest BCUT2D eigenvalue weighted by Gasteiger charge is 2.22. The molecule has 4 nitrogen and oxygen atoms in total. The molecule has 0 bridgehead atoms. The lowest BCUT2D eigenvalue weighted by Crippen LogP contribution is -2.45. The van der Waals surface area contributed by atoms with Gasteiger partial charge in [0.1, 0.15) is 0 Å². The largest absolute Gasteiger partial charge is 0.388 e. The maximum absolute atomic E-state index is 11.3. The fourth-order valence-corrected chi connectivity index (χ4v) is 1.66. The number of rotatable bonds is 7. The normalized spacial score (nSPS) is 14.6. The summed E-state index contributed by atoms with van der Waals surface area (Å²) in [6.07, 6.45) is 2.73. The van der Waals surface area contributed by atoms with Crippen LogP contribution in [0.2, 0.25) is 0 Å². The molecule has 0 aliphatic heterocycles. The van der Waals surface area contributed by atoms with Crippen molar-refractivity contribution in [1.29, 1.82) is 0 Å². The molecule has 3 N–H and O–H groups in total. The van der Waals surface area contributed by atoms with E-state index in [9.17, 15) is 9.90 Å². The van der Waals surface area contributed by atoms with E-state index in [1.165, 1.54) is 0 Å². The molecule has 0 aromatic carbocycles. The minimum atomic E-state index is -0.823. The van der Waals surface area contributed by atoms with Crippen LogP contribution in [0.15, 0.2) is 0 Å². The average molecular weight is 230 g/mol. The van der Waals surface area contributed by atoms with Crippen LogP contribution in [0.4, 0.5) is 4.79 Å². The molecule has 16 heavy (non-hydrogen) atoms. The summed E-state index contributed by atoms with van der Waals surface area (Å²) in [5.74, 6) is 0.417. The Morgan fingerprint density at radius 1 is 1.38 bits per heavy atom. The van der Waals surface area contributed by atoms with Crippen LogP contribution >= 0.6 is 0 Å². The Morgan fingerprint density at radius 2 is 2.00 bits per heavy atom. The number of amides is 2. The van der Waals surface area contributed by atoms with Gasteiger partial charge in [-0.25, -0.2) is 4.79 Å². The quantitative estimate of drug-likeness (QED) is 0.585. The number of carbonyl (C=O) groups is 1. The summed E-state index contributed by atoms with van der Waals surface area (Å²) >= 11 is 0. The number of carbonyl (C=O) groups excluding carboxylic acids is 1. The Morgan fingerprint density at radius 3 is 2.50 bits per heavy atom. The number of urea groups is 1. The minimum Gasteiger partial charge on any atom is -0.388 e. The van der Waals surface area contributed by atoms with Gasteiger partial charge >= 0.3 is 6.03 Å². The van der Waals surface area contributed by atoms with Crippen molar-refractivity contribution in [3.63, 3.8) is 0 Å². The molecular formula is C12H26N2O2. The fraction of sp³-hybridized carbons (Fsp3) is 0.917. The first-order valence-electron chi connectivity index (χ1n) is 6.11. The molecule has 1 unspecified atom stereocenters. The molecule has 0 fully saturated rings. The molecule has 96 valence electrons. The predicted octanol–water partition coefficient (Wildman–Crippen LogP) is 1.88. The fourth-order valence-electron chi connectivity index (χ4n) is 1.66. The van der Waals surface area contributed by atoms with Gasteiger partial charge in [-0.2, -0.15) is 0 Å². The zero-order valence-electron chi connectivity index (χ0n) is 11.0. The third kappa shape index (κ3) is 8.53. The van der Waals surface area contributed by atoms with Crippen LogP contribution in [-0.2, 0) is 0 Å². The van der Waals surface area contributed by atoms with Gasteiger partial charge < -0.3 is 15.7 Å². The molecule has 0 rings (SSSR count). The lowest BCUT2D eigenvalue weighted by Gasteiger charge is -2.25. The highest BCUT2D eigenvalue weighted by molar-refractivity contribution is 5.73. The molecule has 1 atom stereocenters. The molecular weight excluding hydrogens is 204 g/mol. The van der Waals surface area contributed by atoms with Crippen molar-refractivity contribution in [1.82, 2.24) is 10.6 Å². The highest BCUT2D eigenvalue weighted by Crippen LogP contribution is 2.14. The molecule has 0 heterocycles. The molecule has 0 aromatic rings. The van der Waals surface area contributed by atoms with E-state index >= 15 is 0 Å². The number of hydrogen-bond acceptors (Lipinski definition) is 2. The smallest absolute Gasteiger partial charge is 0.314 e. The standard InChI is InChI=1S/C12H26N2O2/c1-5-6-7-13-11(15)14-9-12(4,16)8-10(2)3/h10,16H,5-9H2,1-4H3,(H2,13,14,15). The van der Waals surface area contributed by atoms with Crippen molar-refractivity contribution in [2.45, 2.75) is 52.6 Å². The summed E-state index contributed by atoms with van der Waals surface area (Å²) in [5.41, 5.74) is -0.823. The van der Waals surface area contributed by atoms with Crippen LogP contribution in [-0.4, -0.2) is 29.8 Å². The van der Waals surface area contributed by atoms with Gasteiger partial charge in [-0.1, -0.05) is 27.2 Å². The second-order valence-electron chi connectivity index (χ2n) is 5.06. The molecule has 4 heteroatoms. The average Bonchev–Trinajstić information content (AvgIpc) is 2.13. The summed E-state index contributed by atoms with van der Waals surface area (Å²) in [7, 11) is 0. The van der Waals surface area contributed by atoms with Crippen molar-refractivity contribution >= 4 is 6.03 Å². The minimum absolute atomic E-state index is 0.197. The zero-order valence-corrected chi connectivity index (χ0v) is 11.0. The topological polar surface area (TPSA) is 61.4 Å². The summed E-state index contributed by atoms with van der Waals surface area (Å²) in [5, 5.41) is 15.4. The second-order valence-corrected chi connectivity index (χ2v) is 5.06. The van der Waals surface area contributed by atoms with Crippen LogP contribution in [0.25, 0.3) is 0 Å². The molecule has 0 aliphatic carbocycles. The van der Waals surface area contributed by atoms with Gasteiger partial charge in [0.05, 0.1) is 5.60 Å². The number of unbranched alkanes of at least 4 members (excludes halogenated alkanes) is 1. The molecule has 0 aromatic heterocycles. The lowest BCUT2D eigenvalue weighted by molar-refractivity contribution is 0.0409. The van der Waals surface area contributed by atoms with Crippen LogP contribution in [0, 0.1) is 5.92 Å². The summed E-state index contributed by atoms with van der Waals surface area (Å²) in [6, 6.07) is -0.197. The van der Waals surface area contributed by atoms with Crippen molar-refractivity contribution in [2.75, 3.05) is 13.1 Å². The SMILES string of the molecule is CCCCNC(=O)NCC(C)(O)CC(C)C. The molecule has 0 aliphatic rings. The van der Waals surface area contributed by atoms with E-state index in [-0.39, 0.29) is 6.03 Å². The van der Waals surface area contributed by atoms with Crippen LogP contribution in [0.3, 0.4) is 0 Å². The predicted molar refractivity (Wildman–Crippen MR) is 66.4 cm³/mol.